The molecule has 0 aliphatic rings. The number of primary amides is 1. The van der Waals surface area contributed by atoms with E-state index in [1.54, 1.807) is 35.7 Å². The van der Waals surface area contributed by atoms with Crippen LogP contribution in [0.5, 0.6) is 0 Å². The number of nitrogens with zero attached hydrogens (tertiary/aromatic N) is 4. The van der Waals surface area contributed by atoms with Crippen molar-refractivity contribution in [2.45, 2.75) is 6.54 Å². The lowest BCUT2D eigenvalue weighted by molar-refractivity contribution is -0.118. The van der Waals surface area contributed by atoms with Crippen LogP contribution in [-0.4, -0.2) is 25.4 Å². The second kappa shape index (κ2) is 6.25. The average Bonchev–Trinajstić information content (AvgIpc) is 2.92. The Morgan fingerprint density at radius 1 is 1.11 bits per heavy atom. The molecule has 1 aromatic carbocycles. The third kappa shape index (κ3) is 3.88. The number of fused-ring (bicyclic) bond motifs is 1. The van der Waals surface area contributed by atoms with E-state index in [9.17, 15) is 4.79 Å². The predicted octanol–water partition coefficient (Wildman–Crippen LogP) is 0.998. The molecule has 19 heavy (non-hydrogen) atoms. The van der Waals surface area contributed by atoms with Gasteiger partial charge in [0.05, 0.1) is 17.4 Å². The first-order chi connectivity index (χ1) is 9.25. The van der Waals surface area contributed by atoms with Gasteiger partial charge in [-0.05, 0) is 12.1 Å². The predicted molar refractivity (Wildman–Crippen MR) is 71.0 cm³/mol. The van der Waals surface area contributed by atoms with Crippen LogP contribution in [-0.2, 0) is 11.3 Å². The summed E-state index contributed by atoms with van der Waals surface area (Å²) in [5.41, 5.74) is 6.79. The first-order valence-electron chi connectivity index (χ1n) is 5.65. The summed E-state index contributed by atoms with van der Waals surface area (Å²) >= 11 is 0. The minimum Gasteiger partial charge on any atom is -0.368 e. The lowest BCUT2D eigenvalue weighted by atomic mass is 10.3. The minimum absolute atomic E-state index is 0.208. The maximum absolute atomic E-state index is 10.2. The van der Waals surface area contributed by atoms with Gasteiger partial charge in [0.2, 0.25) is 5.91 Å². The molecule has 0 unspecified atom stereocenters. The van der Waals surface area contributed by atoms with E-state index in [0.717, 1.165) is 11.0 Å². The molecule has 0 saturated carbocycles. The van der Waals surface area contributed by atoms with Crippen molar-refractivity contribution >= 4 is 16.9 Å². The van der Waals surface area contributed by atoms with Gasteiger partial charge in [-0.3, -0.25) is 14.8 Å². The number of para-hydroxylation sites is 2. The summed E-state index contributed by atoms with van der Waals surface area (Å²) in [6, 6.07) is 7.80. The van der Waals surface area contributed by atoms with Crippen molar-refractivity contribution in [1.29, 1.82) is 0 Å². The normalized spacial score (nSPS) is 9.68. The summed E-state index contributed by atoms with van der Waals surface area (Å²) in [4.78, 5) is 22.2. The molecule has 0 atom stereocenters. The number of hydrogen-bond acceptors (Lipinski definition) is 4. The highest BCUT2D eigenvalue weighted by atomic mass is 16.1. The standard InChI is InChI=1S/C8H6N2.C5H7N3O/c1-2-4-8-7(3-1)9-5-6-10-8;6-5(9)3-8-2-1-7-4-8/h1-6H;1-2,4H,3H2,(H2,6,9). The van der Waals surface area contributed by atoms with Crippen LogP contribution in [0.2, 0.25) is 0 Å². The van der Waals surface area contributed by atoms with Crippen molar-refractivity contribution in [2.24, 2.45) is 5.73 Å². The molecule has 0 radical (unpaired) electrons. The molecular weight excluding hydrogens is 242 g/mol. The smallest absolute Gasteiger partial charge is 0.237 e. The van der Waals surface area contributed by atoms with Gasteiger partial charge in [-0.2, -0.15) is 0 Å². The number of benzene rings is 1. The Morgan fingerprint density at radius 3 is 2.21 bits per heavy atom. The van der Waals surface area contributed by atoms with Gasteiger partial charge in [0.15, 0.2) is 0 Å². The molecule has 3 aromatic rings. The van der Waals surface area contributed by atoms with Crippen LogP contribution in [0.1, 0.15) is 0 Å². The van der Waals surface area contributed by atoms with E-state index in [1.807, 2.05) is 24.3 Å². The molecule has 3 rings (SSSR count). The van der Waals surface area contributed by atoms with E-state index < -0.39 is 0 Å². The molecule has 6 heteroatoms. The van der Waals surface area contributed by atoms with Gasteiger partial charge in [0, 0.05) is 24.8 Å². The summed E-state index contributed by atoms with van der Waals surface area (Å²) in [7, 11) is 0. The molecule has 0 saturated heterocycles. The Morgan fingerprint density at radius 2 is 1.74 bits per heavy atom. The van der Waals surface area contributed by atoms with E-state index >= 15 is 0 Å². The minimum atomic E-state index is -0.354. The lowest BCUT2D eigenvalue weighted by Gasteiger charge is -1.93. The molecule has 0 spiro atoms. The van der Waals surface area contributed by atoms with E-state index in [-0.39, 0.29) is 12.5 Å². The van der Waals surface area contributed by atoms with Crippen molar-refractivity contribution in [2.75, 3.05) is 0 Å². The van der Waals surface area contributed by atoms with Gasteiger partial charge in [0.1, 0.15) is 6.54 Å². The quantitative estimate of drug-likeness (QED) is 0.740. The van der Waals surface area contributed by atoms with Crippen LogP contribution >= 0.6 is 0 Å². The molecule has 2 heterocycles. The summed E-state index contributed by atoms with van der Waals surface area (Å²) in [5.74, 6) is -0.354. The third-order valence-electron chi connectivity index (χ3n) is 2.27. The zero-order valence-electron chi connectivity index (χ0n) is 10.2. The molecule has 1 amide bonds. The number of imidazole rings is 1. The fourth-order valence-corrected chi connectivity index (χ4v) is 1.47. The number of carbonyl (C=O) groups excluding carboxylic acids is 1. The molecule has 96 valence electrons. The summed E-state index contributed by atoms with van der Waals surface area (Å²) in [6.07, 6.45) is 8.23. The van der Waals surface area contributed by atoms with Gasteiger partial charge in [-0.1, -0.05) is 12.1 Å². The van der Waals surface area contributed by atoms with Gasteiger partial charge < -0.3 is 10.3 Å². The zero-order chi connectivity index (χ0) is 13.5. The largest absolute Gasteiger partial charge is 0.368 e. The van der Waals surface area contributed by atoms with Crippen LogP contribution in [0.3, 0.4) is 0 Å². The fourth-order valence-electron chi connectivity index (χ4n) is 1.47. The Balaban J connectivity index is 0.000000141. The van der Waals surface area contributed by atoms with Crippen LogP contribution in [0.4, 0.5) is 0 Å². The second-order valence-electron chi connectivity index (χ2n) is 3.75. The zero-order valence-corrected chi connectivity index (χ0v) is 10.2. The van der Waals surface area contributed by atoms with Crippen LogP contribution in [0.25, 0.3) is 11.0 Å². The SMILES string of the molecule is NC(=O)Cn1ccnc1.c1ccc2nccnc2c1. The number of aromatic nitrogens is 4. The Bertz CT molecular complexity index is 585. The molecule has 6 nitrogen and oxygen atoms in total. The maximum Gasteiger partial charge on any atom is 0.237 e. The van der Waals surface area contributed by atoms with E-state index in [0.29, 0.717) is 0 Å². The van der Waals surface area contributed by atoms with Gasteiger partial charge in [0.25, 0.3) is 0 Å². The summed E-state index contributed by atoms with van der Waals surface area (Å²) in [5, 5.41) is 0. The van der Waals surface area contributed by atoms with Crippen molar-refractivity contribution < 1.29 is 4.79 Å². The Kier molecular flexibility index (Phi) is 4.17. The number of amides is 1. The van der Waals surface area contributed by atoms with Gasteiger partial charge in [-0.15, -0.1) is 0 Å². The number of rotatable bonds is 2. The molecule has 0 aliphatic carbocycles. The molecule has 2 aromatic heterocycles. The fraction of sp³-hybridized carbons (Fsp3) is 0.0769. The summed E-state index contributed by atoms with van der Waals surface area (Å²) < 4.78 is 1.61. The van der Waals surface area contributed by atoms with Crippen molar-refractivity contribution in [3.05, 3.63) is 55.4 Å². The summed E-state index contributed by atoms with van der Waals surface area (Å²) in [6.45, 7) is 0.208. The number of nitrogens with two attached hydrogens (primary N) is 1. The first-order valence-corrected chi connectivity index (χ1v) is 5.65. The topological polar surface area (TPSA) is 86.7 Å². The monoisotopic (exact) mass is 255 g/mol. The Hall–Kier alpha value is -2.76. The van der Waals surface area contributed by atoms with Crippen molar-refractivity contribution in [3.8, 4) is 0 Å². The van der Waals surface area contributed by atoms with Gasteiger partial charge >= 0.3 is 0 Å². The van der Waals surface area contributed by atoms with Gasteiger partial charge in [-0.25, -0.2) is 4.98 Å². The first kappa shape index (κ1) is 12.7. The molecule has 2 N–H and O–H groups in total. The van der Waals surface area contributed by atoms with Crippen LogP contribution in [0.15, 0.2) is 55.4 Å². The van der Waals surface area contributed by atoms with Crippen LogP contribution in [0, 0.1) is 0 Å². The van der Waals surface area contributed by atoms with Crippen LogP contribution < -0.4 is 5.73 Å². The molecular formula is C13H13N5O. The molecule has 0 aliphatic heterocycles. The number of carbonyl (C=O) groups is 1. The van der Waals surface area contributed by atoms with E-state index in [4.69, 9.17) is 5.73 Å². The highest BCUT2D eigenvalue weighted by Gasteiger charge is 1.92. The highest BCUT2D eigenvalue weighted by Crippen LogP contribution is 2.04. The maximum atomic E-state index is 10.2. The van der Waals surface area contributed by atoms with Crippen molar-refractivity contribution in [1.82, 2.24) is 19.5 Å². The average molecular weight is 255 g/mol. The number of hydrogen-bond donors (Lipinski definition) is 1. The molecule has 0 fully saturated rings. The second-order valence-corrected chi connectivity index (χ2v) is 3.75. The molecule has 0 bridgehead atoms. The third-order valence-corrected chi connectivity index (χ3v) is 2.27. The lowest BCUT2D eigenvalue weighted by Crippen LogP contribution is -2.17. The highest BCUT2D eigenvalue weighted by molar-refractivity contribution is 5.73. The van der Waals surface area contributed by atoms with E-state index in [1.165, 1.54) is 0 Å². The Labute approximate surface area is 109 Å². The van der Waals surface area contributed by atoms with Crippen molar-refractivity contribution in [3.63, 3.8) is 0 Å². The van der Waals surface area contributed by atoms with E-state index in [2.05, 4.69) is 15.0 Å².